The molecule has 0 unspecified atom stereocenters. The van der Waals surface area contributed by atoms with Gasteiger partial charge in [-0.05, 0) is 43.6 Å². The Morgan fingerprint density at radius 1 is 1.25 bits per heavy atom. The molecule has 2 aliphatic carbocycles. The number of amides is 2. The molecule has 0 heterocycles. The fourth-order valence-electron chi connectivity index (χ4n) is 2.77. The number of urea groups is 1. The van der Waals surface area contributed by atoms with Crippen molar-refractivity contribution in [1.82, 2.24) is 5.32 Å². The number of anilines is 1. The second-order valence-electron chi connectivity index (χ2n) is 6.12. The first-order valence-corrected chi connectivity index (χ1v) is 7.75. The van der Waals surface area contributed by atoms with Crippen molar-refractivity contribution in [2.24, 2.45) is 11.8 Å². The molecule has 2 N–H and O–H groups in total. The molecule has 24 heavy (non-hydrogen) atoms. The highest BCUT2D eigenvalue weighted by Crippen LogP contribution is 2.44. The molecule has 0 radical (unpaired) electrons. The number of rotatable bonds is 7. The van der Waals surface area contributed by atoms with Gasteiger partial charge in [-0.15, -0.1) is 0 Å². The number of non-ortho nitro benzene ring substituents is 1. The molecule has 1 aromatic rings. The van der Waals surface area contributed by atoms with Crippen molar-refractivity contribution < 1.29 is 23.2 Å². The van der Waals surface area contributed by atoms with E-state index in [9.17, 15) is 23.7 Å². The predicted octanol–water partition coefficient (Wildman–Crippen LogP) is 3.51. The summed E-state index contributed by atoms with van der Waals surface area (Å²) in [6.45, 7) is -3.10. The second-order valence-corrected chi connectivity index (χ2v) is 6.12. The number of alkyl halides is 2. The molecule has 0 bridgehead atoms. The molecule has 0 aliphatic heterocycles. The molecule has 0 aromatic heterocycles. The van der Waals surface area contributed by atoms with E-state index in [0.717, 1.165) is 43.9 Å². The third kappa shape index (κ3) is 4.09. The molecule has 0 saturated heterocycles. The van der Waals surface area contributed by atoms with Crippen LogP contribution in [0.15, 0.2) is 18.2 Å². The highest BCUT2D eigenvalue weighted by atomic mass is 19.3. The van der Waals surface area contributed by atoms with Crippen LogP contribution >= 0.6 is 0 Å². The predicted molar refractivity (Wildman–Crippen MR) is 81.1 cm³/mol. The zero-order valence-electron chi connectivity index (χ0n) is 12.7. The first kappa shape index (κ1) is 16.4. The van der Waals surface area contributed by atoms with Crippen molar-refractivity contribution in [2.75, 3.05) is 5.32 Å². The van der Waals surface area contributed by atoms with Crippen molar-refractivity contribution in [3.63, 3.8) is 0 Å². The summed E-state index contributed by atoms with van der Waals surface area (Å²) in [5.41, 5.74) is -0.486. The van der Waals surface area contributed by atoms with E-state index in [0.29, 0.717) is 11.8 Å². The van der Waals surface area contributed by atoms with E-state index in [-0.39, 0.29) is 23.2 Å². The first-order valence-electron chi connectivity index (χ1n) is 7.75. The third-order valence-electron chi connectivity index (χ3n) is 4.20. The monoisotopic (exact) mass is 341 g/mol. The van der Waals surface area contributed by atoms with Crippen LogP contribution in [0.2, 0.25) is 0 Å². The quantitative estimate of drug-likeness (QED) is 0.586. The lowest BCUT2D eigenvalue weighted by atomic mass is 10.1. The number of hydrogen-bond acceptors (Lipinski definition) is 4. The van der Waals surface area contributed by atoms with Gasteiger partial charge in [0, 0.05) is 18.2 Å². The van der Waals surface area contributed by atoms with Gasteiger partial charge in [0.15, 0.2) is 0 Å². The van der Waals surface area contributed by atoms with E-state index in [2.05, 4.69) is 15.4 Å². The molecule has 0 atom stereocenters. The minimum absolute atomic E-state index is 0.0724. The van der Waals surface area contributed by atoms with Gasteiger partial charge in [0.2, 0.25) is 0 Å². The Kier molecular flexibility index (Phi) is 4.50. The first-order chi connectivity index (χ1) is 11.4. The summed E-state index contributed by atoms with van der Waals surface area (Å²) < 4.78 is 29.2. The maximum Gasteiger partial charge on any atom is 0.387 e. The molecular weight excluding hydrogens is 324 g/mol. The number of benzene rings is 1. The largest absolute Gasteiger partial charge is 0.433 e. The highest BCUT2D eigenvalue weighted by Gasteiger charge is 2.42. The van der Waals surface area contributed by atoms with E-state index in [1.165, 1.54) is 0 Å². The molecule has 0 spiro atoms. The molecule has 130 valence electrons. The summed E-state index contributed by atoms with van der Waals surface area (Å²) in [6, 6.07) is 2.58. The second kappa shape index (κ2) is 6.58. The van der Waals surface area contributed by atoms with Crippen molar-refractivity contribution in [3.8, 4) is 5.75 Å². The van der Waals surface area contributed by atoms with Gasteiger partial charge in [-0.2, -0.15) is 8.78 Å². The van der Waals surface area contributed by atoms with E-state index in [1.54, 1.807) is 0 Å². The molecule has 1 aromatic carbocycles. The Morgan fingerprint density at radius 2 is 1.88 bits per heavy atom. The summed E-state index contributed by atoms with van der Waals surface area (Å²) in [7, 11) is 0. The number of hydrogen-bond donors (Lipinski definition) is 2. The van der Waals surface area contributed by atoms with Gasteiger partial charge in [0.05, 0.1) is 10.6 Å². The Morgan fingerprint density at radius 3 is 2.38 bits per heavy atom. The fraction of sp³-hybridized carbons (Fsp3) is 0.533. The molecule has 2 fully saturated rings. The SMILES string of the molecule is O=C(Nc1cc([N+](=O)[O-])ccc1OC(F)F)NC(C1CC1)C1CC1. The van der Waals surface area contributed by atoms with Crippen LogP contribution in [-0.4, -0.2) is 23.6 Å². The van der Waals surface area contributed by atoms with E-state index >= 15 is 0 Å². The smallest absolute Gasteiger partial charge is 0.387 e. The number of carbonyl (C=O) groups excluding carboxylic acids is 1. The van der Waals surface area contributed by atoms with E-state index in [4.69, 9.17) is 0 Å². The number of halogens is 2. The zero-order chi connectivity index (χ0) is 17.3. The fourth-order valence-corrected chi connectivity index (χ4v) is 2.77. The topological polar surface area (TPSA) is 93.5 Å². The Bertz CT molecular complexity index is 636. The van der Waals surface area contributed by atoms with E-state index in [1.807, 2.05) is 0 Å². The summed E-state index contributed by atoms with van der Waals surface area (Å²) in [4.78, 5) is 22.3. The van der Waals surface area contributed by atoms with Crippen molar-refractivity contribution in [1.29, 1.82) is 0 Å². The molecular formula is C15H17F2N3O4. The summed E-state index contributed by atoms with van der Waals surface area (Å²) in [6.07, 6.45) is 4.27. The summed E-state index contributed by atoms with van der Waals surface area (Å²) in [5.74, 6) is 0.607. The van der Waals surface area contributed by atoms with Crippen LogP contribution in [-0.2, 0) is 0 Å². The number of nitrogens with one attached hydrogen (secondary N) is 2. The summed E-state index contributed by atoms with van der Waals surface area (Å²) >= 11 is 0. The Balaban J connectivity index is 1.72. The number of carbonyl (C=O) groups is 1. The van der Waals surface area contributed by atoms with Crippen LogP contribution in [0.5, 0.6) is 5.75 Å². The van der Waals surface area contributed by atoms with Gasteiger partial charge in [0.25, 0.3) is 5.69 Å². The van der Waals surface area contributed by atoms with Crippen LogP contribution < -0.4 is 15.4 Å². The average Bonchev–Trinajstić information content (AvgIpc) is 3.38. The maximum atomic E-state index is 12.5. The molecule has 7 nitrogen and oxygen atoms in total. The van der Waals surface area contributed by atoms with Crippen molar-refractivity contribution in [3.05, 3.63) is 28.3 Å². The van der Waals surface area contributed by atoms with Gasteiger partial charge in [-0.3, -0.25) is 10.1 Å². The van der Waals surface area contributed by atoms with Crippen molar-refractivity contribution >= 4 is 17.4 Å². The minimum atomic E-state index is -3.10. The van der Waals surface area contributed by atoms with Crippen LogP contribution in [0.4, 0.5) is 25.0 Å². The van der Waals surface area contributed by atoms with Gasteiger partial charge >= 0.3 is 12.6 Å². The molecule has 9 heteroatoms. The number of ether oxygens (including phenoxy) is 1. The number of nitro benzene ring substituents is 1. The zero-order valence-corrected chi connectivity index (χ0v) is 12.7. The van der Waals surface area contributed by atoms with Crippen LogP contribution in [0.1, 0.15) is 25.7 Å². The van der Waals surface area contributed by atoms with Gasteiger partial charge in [-0.1, -0.05) is 0 Å². The normalized spacial score (nSPS) is 17.0. The van der Waals surface area contributed by atoms with Gasteiger partial charge in [0.1, 0.15) is 5.75 Å². The van der Waals surface area contributed by atoms with Crippen LogP contribution in [0.25, 0.3) is 0 Å². The summed E-state index contributed by atoms with van der Waals surface area (Å²) in [5, 5.41) is 16.1. The highest BCUT2D eigenvalue weighted by molar-refractivity contribution is 5.91. The third-order valence-corrected chi connectivity index (χ3v) is 4.20. The lowest BCUT2D eigenvalue weighted by Gasteiger charge is -2.19. The lowest BCUT2D eigenvalue weighted by Crippen LogP contribution is -2.40. The lowest BCUT2D eigenvalue weighted by molar-refractivity contribution is -0.384. The Labute approximate surface area is 136 Å². The van der Waals surface area contributed by atoms with E-state index < -0.39 is 17.6 Å². The standard InChI is InChI=1S/C15H17F2N3O4/c16-14(17)24-12-6-5-10(20(22)23)7-11(12)18-15(21)19-13(8-1-2-8)9-3-4-9/h5-9,13-14H,1-4H2,(H2,18,19,21). The average molecular weight is 341 g/mol. The number of nitrogens with zero attached hydrogens (tertiary/aromatic N) is 1. The van der Waals surface area contributed by atoms with Crippen LogP contribution in [0, 0.1) is 22.0 Å². The molecule has 2 amide bonds. The molecule has 2 saturated carbocycles. The Hall–Kier alpha value is -2.45. The molecule has 2 aliphatic rings. The van der Waals surface area contributed by atoms with Gasteiger partial charge < -0.3 is 15.4 Å². The van der Waals surface area contributed by atoms with Crippen LogP contribution in [0.3, 0.4) is 0 Å². The number of nitro groups is 1. The minimum Gasteiger partial charge on any atom is -0.433 e. The molecule has 3 rings (SSSR count). The van der Waals surface area contributed by atoms with Gasteiger partial charge in [-0.25, -0.2) is 4.79 Å². The van der Waals surface area contributed by atoms with Crippen molar-refractivity contribution in [2.45, 2.75) is 38.3 Å². The maximum absolute atomic E-state index is 12.5.